The van der Waals surface area contributed by atoms with Crippen molar-refractivity contribution in [3.8, 4) is 0 Å². The fourth-order valence-corrected chi connectivity index (χ4v) is 1.20. The molecule has 2 aromatic rings. The van der Waals surface area contributed by atoms with Crippen molar-refractivity contribution in [3.63, 3.8) is 0 Å². The van der Waals surface area contributed by atoms with Crippen LogP contribution in [0.2, 0.25) is 0 Å². The number of hydrogen-bond donors (Lipinski definition) is 0. The lowest BCUT2D eigenvalue weighted by Crippen LogP contribution is -1.88. The van der Waals surface area contributed by atoms with Gasteiger partial charge in [0.05, 0.1) is 16.6 Å². The molecule has 14 heavy (non-hydrogen) atoms. The van der Waals surface area contributed by atoms with Crippen LogP contribution in [0.4, 0.5) is 10.1 Å². The zero-order valence-corrected chi connectivity index (χ0v) is 6.98. The molecule has 1 heterocycles. The van der Waals surface area contributed by atoms with Gasteiger partial charge < -0.3 is 0 Å². The molecule has 0 aliphatic carbocycles. The standard InChI is InChI=1S/C9H5FN2O2/c10-7-3-6-1-2-8(12(13)14)4-9(6)11-5-7/h1-5H. The summed E-state index contributed by atoms with van der Waals surface area (Å²) in [5.74, 6) is -0.452. The van der Waals surface area contributed by atoms with E-state index in [-0.39, 0.29) is 5.69 Å². The number of aromatic nitrogens is 1. The van der Waals surface area contributed by atoms with Crippen LogP contribution >= 0.6 is 0 Å². The van der Waals surface area contributed by atoms with Crippen LogP contribution in [0.1, 0.15) is 0 Å². The number of halogens is 1. The predicted molar refractivity (Wildman–Crippen MR) is 48.4 cm³/mol. The second kappa shape index (κ2) is 3.02. The van der Waals surface area contributed by atoms with Crippen molar-refractivity contribution in [2.75, 3.05) is 0 Å². The minimum atomic E-state index is -0.509. The maximum Gasteiger partial charge on any atom is 0.271 e. The van der Waals surface area contributed by atoms with Gasteiger partial charge in [0, 0.05) is 17.5 Å². The Hall–Kier alpha value is -2.04. The maximum atomic E-state index is 12.7. The molecule has 0 bridgehead atoms. The van der Waals surface area contributed by atoms with Crippen LogP contribution in [0.25, 0.3) is 10.9 Å². The molecule has 0 radical (unpaired) electrons. The number of pyridine rings is 1. The van der Waals surface area contributed by atoms with Crippen LogP contribution in [-0.2, 0) is 0 Å². The number of nitro benzene ring substituents is 1. The van der Waals surface area contributed by atoms with Crippen molar-refractivity contribution >= 4 is 16.6 Å². The highest BCUT2D eigenvalue weighted by atomic mass is 19.1. The second-order valence-corrected chi connectivity index (χ2v) is 2.79. The molecule has 0 saturated heterocycles. The van der Waals surface area contributed by atoms with Crippen LogP contribution < -0.4 is 0 Å². The van der Waals surface area contributed by atoms with E-state index in [9.17, 15) is 14.5 Å². The number of hydrogen-bond acceptors (Lipinski definition) is 3. The van der Waals surface area contributed by atoms with Gasteiger partial charge in [-0.1, -0.05) is 0 Å². The van der Waals surface area contributed by atoms with Crippen molar-refractivity contribution in [2.45, 2.75) is 0 Å². The average Bonchev–Trinajstić information content (AvgIpc) is 2.16. The summed E-state index contributed by atoms with van der Waals surface area (Å²) in [5.41, 5.74) is 0.372. The van der Waals surface area contributed by atoms with Crippen molar-refractivity contribution < 1.29 is 9.31 Å². The van der Waals surface area contributed by atoms with Gasteiger partial charge in [-0.15, -0.1) is 0 Å². The topological polar surface area (TPSA) is 56.0 Å². The lowest BCUT2D eigenvalue weighted by atomic mass is 10.2. The second-order valence-electron chi connectivity index (χ2n) is 2.79. The molecular weight excluding hydrogens is 187 g/mol. The smallest absolute Gasteiger partial charge is 0.258 e. The SMILES string of the molecule is O=[N+]([O-])c1ccc2cc(F)cnc2c1. The van der Waals surface area contributed by atoms with E-state index < -0.39 is 10.7 Å². The molecule has 2 rings (SSSR count). The van der Waals surface area contributed by atoms with Gasteiger partial charge in [0.1, 0.15) is 5.82 Å². The molecule has 0 fully saturated rings. The third-order valence-electron chi connectivity index (χ3n) is 1.85. The zero-order valence-electron chi connectivity index (χ0n) is 6.98. The highest BCUT2D eigenvalue weighted by Crippen LogP contribution is 2.19. The molecule has 0 N–H and O–H groups in total. The van der Waals surface area contributed by atoms with Gasteiger partial charge in [-0.3, -0.25) is 15.1 Å². The first-order chi connectivity index (χ1) is 6.66. The summed E-state index contributed by atoms with van der Waals surface area (Å²) in [6.45, 7) is 0. The van der Waals surface area contributed by atoms with Crippen molar-refractivity contribution in [1.82, 2.24) is 4.98 Å². The zero-order chi connectivity index (χ0) is 10.1. The summed E-state index contributed by atoms with van der Waals surface area (Å²) in [5, 5.41) is 11.0. The van der Waals surface area contributed by atoms with Gasteiger partial charge in [-0.25, -0.2) is 4.39 Å². The number of non-ortho nitro benzene ring substituents is 1. The average molecular weight is 192 g/mol. The maximum absolute atomic E-state index is 12.7. The van der Waals surface area contributed by atoms with Gasteiger partial charge in [-0.2, -0.15) is 0 Å². The molecular formula is C9H5FN2O2. The summed E-state index contributed by atoms with van der Waals surface area (Å²) in [4.78, 5) is 13.7. The Morgan fingerprint density at radius 3 is 2.86 bits per heavy atom. The third-order valence-corrected chi connectivity index (χ3v) is 1.85. The molecule has 0 aliphatic rings. The van der Waals surface area contributed by atoms with Crippen molar-refractivity contribution in [2.24, 2.45) is 0 Å². The highest BCUT2D eigenvalue weighted by molar-refractivity contribution is 5.80. The molecule has 1 aromatic heterocycles. The van der Waals surface area contributed by atoms with Crippen molar-refractivity contribution in [1.29, 1.82) is 0 Å². The molecule has 0 amide bonds. The first-order valence-corrected chi connectivity index (χ1v) is 3.86. The summed E-state index contributed by atoms with van der Waals surface area (Å²) >= 11 is 0. The van der Waals surface area contributed by atoms with Gasteiger partial charge >= 0.3 is 0 Å². The molecule has 0 aliphatic heterocycles. The largest absolute Gasteiger partial charge is 0.271 e. The van der Waals surface area contributed by atoms with Crippen LogP contribution in [0.15, 0.2) is 30.5 Å². The fraction of sp³-hybridized carbons (Fsp3) is 0. The van der Waals surface area contributed by atoms with E-state index in [1.54, 1.807) is 0 Å². The van der Waals surface area contributed by atoms with Gasteiger partial charge in [-0.05, 0) is 12.1 Å². The first kappa shape index (κ1) is 8.55. The Morgan fingerprint density at radius 2 is 2.14 bits per heavy atom. The molecule has 0 spiro atoms. The predicted octanol–water partition coefficient (Wildman–Crippen LogP) is 2.28. The Kier molecular flexibility index (Phi) is 1.85. The summed E-state index contributed by atoms with van der Waals surface area (Å²) < 4.78 is 12.7. The van der Waals surface area contributed by atoms with E-state index >= 15 is 0 Å². The summed E-state index contributed by atoms with van der Waals surface area (Å²) in [7, 11) is 0. The lowest BCUT2D eigenvalue weighted by Gasteiger charge is -1.96. The van der Waals surface area contributed by atoms with Gasteiger partial charge in [0.15, 0.2) is 0 Å². The quantitative estimate of drug-likeness (QED) is 0.514. The van der Waals surface area contributed by atoms with Gasteiger partial charge in [0.25, 0.3) is 5.69 Å². The molecule has 4 nitrogen and oxygen atoms in total. The van der Waals surface area contributed by atoms with Crippen LogP contribution in [0, 0.1) is 15.9 Å². The van der Waals surface area contributed by atoms with E-state index in [0.29, 0.717) is 10.9 Å². The molecule has 0 atom stereocenters. The number of benzene rings is 1. The van der Waals surface area contributed by atoms with E-state index in [0.717, 1.165) is 6.20 Å². The summed E-state index contributed by atoms with van der Waals surface area (Å²) in [6.07, 6.45) is 1.03. The Morgan fingerprint density at radius 1 is 1.36 bits per heavy atom. The van der Waals surface area contributed by atoms with E-state index in [4.69, 9.17) is 0 Å². The third kappa shape index (κ3) is 1.39. The van der Waals surface area contributed by atoms with E-state index in [1.807, 2.05) is 0 Å². The molecule has 5 heteroatoms. The molecule has 1 aromatic carbocycles. The number of rotatable bonds is 1. The molecule has 0 unspecified atom stereocenters. The lowest BCUT2D eigenvalue weighted by molar-refractivity contribution is -0.384. The number of nitro groups is 1. The Labute approximate surface area is 78.2 Å². The van der Waals surface area contributed by atoms with E-state index in [1.165, 1.54) is 24.3 Å². The highest BCUT2D eigenvalue weighted by Gasteiger charge is 2.06. The Bertz CT molecular complexity index is 513. The number of fused-ring (bicyclic) bond motifs is 1. The Balaban J connectivity index is 2.67. The minimum Gasteiger partial charge on any atom is -0.258 e. The minimum absolute atomic E-state index is 0.0448. The van der Waals surface area contributed by atoms with Gasteiger partial charge in [0.2, 0.25) is 0 Å². The molecule has 70 valence electrons. The monoisotopic (exact) mass is 192 g/mol. The molecule has 0 saturated carbocycles. The number of nitrogens with zero attached hydrogens (tertiary/aromatic N) is 2. The van der Waals surface area contributed by atoms with Crippen LogP contribution in [-0.4, -0.2) is 9.91 Å². The summed E-state index contributed by atoms with van der Waals surface area (Å²) in [6, 6.07) is 5.40. The fourth-order valence-electron chi connectivity index (χ4n) is 1.20. The van der Waals surface area contributed by atoms with Crippen LogP contribution in [0.3, 0.4) is 0 Å². The first-order valence-electron chi connectivity index (χ1n) is 3.86. The van der Waals surface area contributed by atoms with E-state index in [2.05, 4.69) is 4.98 Å². The van der Waals surface area contributed by atoms with Crippen molar-refractivity contribution in [3.05, 3.63) is 46.4 Å². The normalized spacial score (nSPS) is 10.4. The van der Waals surface area contributed by atoms with Crippen LogP contribution in [0.5, 0.6) is 0 Å².